The molecule has 1 saturated carbocycles. The molecule has 0 aromatic rings. The molecule has 152 valence electrons. The quantitative estimate of drug-likeness (QED) is 0.526. The number of rotatable bonds is 6. The molecule has 0 radical (unpaired) electrons. The van der Waals surface area contributed by atoms with Crippen molar-refractivity contribution in [2.75, 3.05) is 33.3 Å². The van der Waals surface area contributed by atoms with Crippen LogP contribution in [-0.4, -0.2) is 60.9 Å². The first kappa shape index (κ1) is 21.5. The van der Waals surface area contributed by atoms with Gasteiger partial charge in [-0.05, 0) is 44.9 Å². The predicted molar refractivity (Wildman–Crippen MR) is 104 cm³/mol. The minimum atomic E-state index is -0.256. The molecule has 3 unspecified atom stereocenters. The molecule has 2 rings (SSSR count). The van der Waals surface area contributed by atoms with E-state index in [2.05, 4.69) is 19.9 Å². The van der Waals surface area contributed by atoms with Gasteiger partial charge in [0.05, 0.1) is 25.0 Å². The molecule has 0 aromatic carbocycles. The van der Waals surface area contributed by atoms with Gasteiger partial charge in [-0.25, -0.2) is 0 Å². The topological polar surface area (TPSA) is 66.9 Å². The second-order valence-electron chi connectivity index (χ2n) is 8.69. The van der Waals surface area contributed by atoms with Gasteiger partial charge in [0, 0.05) is 20.1 Å². The molecule has 0 spiro atoms. The summed E-state index contributed by atoms with van der Waals surface area (Å²) in [5.74, 6) is -0.404. The lowest BCUT2D eigenvalue weighted by Crippen LogP contribution is -2.47. The maximum absolute atomic E-state index is 12.8. The van der Waals surface area contributed by atoms with Gasteiger partial charge >= 0.3 is 5.97 Å². The SMILES string of the molecule is CCOC(=O)C1CCCN(C(=O)CN(C)C(=O)C2C(C=C(C)C)C2(C)C)C1. The molecule has 2 amide bonds. The number of piperidine rings is 1. The first-order valence-corrected chi connectivity index (χ1v) is 9.94. The van der Waals surface area contributed by atoms with E-state index in [0.717, 1.165) is 12.8 Å². The average Bonchev–Trinajstić information content (AvgIpc) is 3.13. The second-order valence-corrected chi connectivity index (χ2v) is 8.69. The normalized spacial score (nSPS) is 26.1. The van der Waals surface area contributed by atoms with Crippen LogP contribution in [-0.2, 0) is 19.1 Å². The number of carbonyl (C=O) groups is 3. The summed E-state index contributed by atoms with van der Waals surface area (Å²) < 4.78 is 5.09. The van der Waals surface area contributed by atoms with Gasteiger partial charge < -0.3 is 14.5 Å². The van der Waals surface area contributed by atoms with Crippen molar-refractivity contribution in [3.8, 4) is 0 Å². The average molecular weight is 379 g/mol. The van der Waals surface area contributed by atoms with Crippen LogP contribution >= 0.6 is 0 Å². The van der Waals surface area contributed by atoms with E-state index in [1.807, 2.05) is 13.8 Å². The fourth-order valence-electron chi connectivity index (χ4n) is 4.09. The van der Waals surface area contributed by atoms with E-state index in [4.69, 9.17) is 4.74 Å². The Hall–Kier alpha value is -1.85. The number of hydrogen-bond acceptors (Lipinski definition) is 4. The fourth-order valence-corrected chi connectivity index (χ4v) is 4.09. The Morgan fingerprint density at radius 2 is 1.93 bits per heavy atom. The van der Waals surface area contributed by atoms with E-state index in [0.29, 0.717) is 19.7 Å². The first-order chi connectivity index (χ1) is 12.6. The Bertz CT molecular complexity index is 622. The predicted octanol–water partition coefficient (Wildman–Crippen LogP) is 2.48. The molecule has 3 atom stereocenters. The highest BCUT2D eigenvalue weighted by molar-refractivity contribution is 5.88. The second kappa shape index (κ2) is 8.44. The highest BCUT2D eigenvalue weighted by Crippen LogP contribution is 2.59. The van der Waals surface area contributed by atoms with Crippen LogP contribution in [0.25, 0.3) is 0 Å². The third kappa shape index (κ3) is 4.90. The van der Waals surface area contributed by atoms with Crippen LogP contribution in [0.3, 0.4) is 0 Å². The maximum Gasteiger partial charge on any atom is 0.310 e. The van der Waals surface area contributed by atoms with Gasteiger partial charge in [0.15, 0.2) is 0 Å². The van der Waals surface area contributed by atoms with Gasteiger partial charge in [0.2, 0.25) is 11.8 Å². The van der Waals surface area contributed by atoms with E-state index in [1.54, 1.807) is 23.8 Å². The monoisotopic (exact) mass is 378 g/mol. The van der Waals surface area contributed by atoms with E-state index >= 15 is 0 Å². The van der Waals surface area contributed by atoms with Crippen LogP contribution in [0.4, 0.5) is 0 Å². The Labute approximate surface area is 162 Å². The number of nitrogens with zero attached hydrogens (tertiary/aromatic N) is 2. The lowest BCUT2D eigenvalue weighted by Gasteiger charge is -2.32. The third-order valence-corrected chi connectivity index (χ3v) is 5.83. The van der Waals surface area contributed by atoms with Crippen molar-refractivity contribution >= 4 is 17.8 Å². The Morgan fingerprint density at radius 3 is 2.52 bits per heavy atom. The van der Waals surface area contributed by atoms with Gasteiger partial charge in [-0.1, -0.05) is 25.5 Å². The van der Waals surface area contributed by atoms with Gasteiger partial charge in [-0.3, -0.25) is 14.4 Å². The molecule has 1 saturated heterocycles. The van der Waals surface area contributed by atoms with Crippen molar-refractivity contribution in [1.29, 1.82) is 0 Å². The summed E-state index contributed by atoms with van der Waals surface area (Å²) in [7, 11) is 1.70. The van der Waals surface area contributed by atoms with E-state index in [9.17, 15) is 14.4 Å². The van der Waals surface area contributed by atoms with Crippen molar-refractivity contribution < 1.29 is 19.1 Å². The van der Waals surface area contributed by atoms with Crippen molar-refractivity contribution in [2.24, 2.45) is 23.2 Å². The summed E-state index contributed by atoms with van der Waals surface area (Å²) in [5.41, 5.74) is 1.15. The molecule has 0 bridgehead atoms. The number of esters is 1. The summed E-state index contributed by atoms with van der Waals surface area (Å²) in [6, 6.07) is 0. The molecular formula is C21H34N2O4. The third-order valence-electron chi connectivity index (χ3n) is 5.83. The Balaban J connectivity index is 1.92. The van der Waals surface area contributed by atoms with Crippen LogP contribution in [0.2, 0.25) is 0 Å². The molecule has 0 aromatic heterocycles. The number of hydrogen-bond donors (Lipinski definition) is 0. The number of likely N-dealkylation sites (N-methyl/N-ethyl adjacent to an activating group) is 1. The van der Waals surface area contributed by atoms with Crippen molar-refractivity contribution in [2.45, 2.75) is 47.5 Å². The smallest absolute Gasteiger partial charge is 0.310 e. The summed E-state index contributed by atoms with van der Waals surface area (Å²) in [4.78, 5) is 40.7. The minimum absolute atomic E-state index is 0.0230. The Morgan fingerprint density at radius 1 is 1.26 bits per heavy atom. The van der Waals surface area contributed by atoms with E-state index in [-0.39, 0.29) is 47.5 Å². The maximum atomic E-state index is 12.8. The number of likely N-dealkylation sites (tertiary alicyclic amines) is 1. The molecule has 6 nitrogen and oxygen atoms in total. The number of ether oxygens (including phenoxy) is 1. The van der Waals surface area contributed by atoms with Gasteiger partial charge in [-0.2, -0.15) is 0 Å². The van der Waals surface area contributed by atoms with E-state index < -0.39 is 0 Å². The number of carbonyl (C=O) groups excluding carboxylic acids is 3. The molecule has 6 heteroatoms. The highest BCUT2D eigenvalue weighted by Gasteiger charge is 2.61. The first-order valence-electron chi connectivity index (χ1n) is 9.94. The molecular weight excluding hydrogens is 344 g/mol. The highest BCUT2D eigenvalue weighted by atomic mass is 16.5. The van der Waals surface area contributed by atoms with Crippen molar-refractivity contribution in [3.05, 3.63) is 11.6 Å². The molecule has 1 heterocycles. The number of amides is 2. The van der Waals surface area contributed by atoms with Crippen LogP contribution in [0.1, 0.15) is 47.5 Å². The summed E-state index contributed by atoms with van der Waals surface area (Å²) in [6.07, 6.45) is 3.69. The van der Waals surface area contributed by atoms with Crippen molar-refractivity contribution in [3.63, 3.8) is 0 Å². The zero-order valence-corrected chi connectivity index (χ0v) is 17.6. The molecule has 1 aliphatic carbocycles. The minimum Gasteiger partial charge on any atom is -0.466 e. The standard InChI is InChI=1S/C21H34N2O4/c1-7-27-20(26)15-9-8-10-23(12-15)17(24)13-22(6)19(25)18-16(11-14(2)3)21(18,4)5/h11,15-16,18H,7-10,12-13H2,1-6H3. The zero-order valence-electron chi connectivity index (χ0n) is 17.6. The van der Waals surface area contributed by atoms with Crippen LogP contribution in [0.5, 0.6) is 0 Å². The number of allylic oxidation sites excluding steroid dienone is 2. The molecule has 0 N–H and O–H groups in total. The molecule has 1 aliphatic heterocycles. The van der Waals surface area contributed by atoms with E-state index in [1.165, 1.54) is 5.57 Å². The van der Waals surface area contributed by atoms with Gasteiger partial charge in [-0.15, -0.1) is 0 Å². The lowest BCUT2D eigenvalue weighted by molar-refractivity contribution is -0.152. The fraction of sp³-hybridized carbons (Fsp3) is 0.762. The van der Waals surface area contributed by atoms with Crippen LogP contribution in [0.15, 0.2) is 11.6 Å². The van der Waals surface area contributed by atoms with Crippen molar-refractivity contribution in [1.82, 2.24) is 9.80 Å². The molecule has 2 aliphatic rings. The summed E-state index contributed by atoms with van der Waals surface area (Å²) >= 11 is 0. The molecule has 2 fully saturated rings. The molecule has 27 heavy (non-hydrogen) atoms. The lowest BCUT2D eigenvalue weighted by atomic mass is 9.98. The summed E-state index contributed by atoms with van der Waals surface area (Å²) in [5, 5.41) is 0. The zero-order chi connectivity index (χ0) is 20.4. The van der Waals surface area contributed by atoms with Crippen LogP contribution < -0.4 is 0 Å². The van der Waals surface area contributed by atoms with Gasteiger partial charge in [0.1, 0.15) is 0 Å². The Kier molecular flexibility index (Phi) is 6.71. The van der Waals surface area contributed by atoms with Crippen LogP contribution in [0, 0.1) is 23.2 Å². The largest absolute Gasteiger partial charge is 0.466 e. The van der Waals surface area contributed by atoms with Gasteiger partial charge in [0.25, 0.3) is 0 Å². The summed E-state index contributed by atoms with van der Waals surface area (Å²) in [6.45, 7) is 11.5.